The molecule has 0 radical (unpaired) electrons. The smallest absolute Gasteiger partial charge is 0.303 e. The van der Waals surface area contributed by atoms with E-state index in [2.05, 4.69) is 10.2 Å². The van der Waals surface area contributed by atoms with Crippen LogP contribution >= 0.6 is 0 Å². The third-order valence-corrected chi connectivity index (χ3v) is 3.79. The second kappa shape index (κ2) is 7.73. The van der Waals surface area contributed by atoms with Crippen molar-refractivity contribution in [1.82, 2.24) is 9.80 Å². The Morgan fingerprint density at radius 2 is 1.74 bits per heavy atom. The van der Waals surface area contributed by atoms with Crippen LogP contribution in [0.3, 0.4) is 0 Å². The third-order valence-electron chi connectivity index (χ3n) is 3.79. The van der Waals surface area contributed by atoms with E-state index in [1.807, 2.05) is 7.05 Å². The number of likely N-dealkylation sites (N-methyl/N-ethyl adjacent to an activating group) is 1. The van der Waals surface area contributed by atoms with Crippen molar-refractivity contribution in [2.24, 2.45) is 0 Å². The van der Waals surface area contributed by atoms with Crippen molar-refractivity contribution in [1.29, 1.82) is 0 Å². The van der Waals surface area contributed by atoms with Gasteiger partial charge in [0, 0.05) is 32.6 Å². The van der Waals surface area contributed by atoms with Crippen LogP contribution in [0, 0.1) is 0 Å². The Kier molecular flexibility index (Phi) is 5.70. The summed E-state index contributed by atoms with van der Waals surface area (Å²) in [5, 5.41) is 11.3. The van der Waals surface area contributed by atoms with Gasteiger partial charge in [-0.05, 0) is 19.2 Å². The van der Waals surface area contributed by atoms with Crippen LogP contribution in [0.25, 0.3) is 0 Å². The van der Waals surface area contributed by atoms with Crippen molar-refractivity contribution in [2.75, 3.05) is 38.5 Å². The third kappa shape index (κ3) is 4.79. The van der Waals surface area contributed by atoms with Crippen LogP contribution in [0.4, 0.5) is 5.69 Å². The van der Waals surface area contributed by atoms with E-state index in [0.29, 0.717) is 24.3 Å². The van der Waals surface area contributed by atoms with Gasteiger partial charge in [-0.2, -0.15) is 0 Å². The van der Waals surface area contributed by atoms with E-state index in [1.54, 1.807) is 29.2 Å². The van der Waals surface area contributed by atoms with Crippen molar-refractivity contribution >= 4 is 23.5 Å². The predicted octanol–water partition coefficient (Wildman–Crippen LogP) is 0.877. The first-order valence-electron chi connectivity index (χ1n) is 7.56. The van der Waals surface area contributed by atoms with Gasteiger partial charge in [0.2, 0.25) is 5.91 Å². The summed E-state index contributed by atoms with van der Waals surface area (Å²) in [6, 6.07) is 6.80. The van der Waals surface area contributed by atoms with E-state index in [-0.39, 0.29) is 18.7 Å². The van der Waals surface area contributed by atoms with Crippen LogP contribution in [0.1, 0.15) is 23.2 Å². The fraction of sp³-hybridized carbons (Fsp3) is 0.438. The minimum Gasteiger partial charge on any atom is -0.481 e. The number of aliphatic carboxylic acids is 1. The number of hydrogen-bond donors (Lipinski definition) is 2. The highest BCUT2D eigenvalue weighted by Crippen LogP contribution is 2.18. The van der Waals surface area contributed by atoms with Gasteiger partial charge in [-0.25, -0.2) is 0 Å². The van der Waals surface area contributed by atoms with E-state index >= 15 is 0 Å². The van der Waals surface area contributed by atoms with E-state index < -0.39 is 11.9 Å². The first-order valence-corrected chi connectivity index (χ1v) is 7.56. The van der Waals surface area contributed by atoms with Gasteiger partial charge in [0.25, 0.3) is 5.91 Å². The monoisotopic (exact) mass is 319 g/mol. The SMILES string of the molecule is CN1CCN(C(=O)c2ccccc2NC(=O)CCC(=O)O)CC1. The lowest BCUT2D eigenvalue weighted by Crippen LogP contribution is -2.47. The molecule has 0 bridgehead atoms. The number of hydrogen-bond acceptors (Lipinski definition) is 4. The van der Waals surface area contributed by atoms with Crippen LogP contribution in [-0.2, 0) is 9.59 Å². The quantitative estimate of drug-likeness (QED) is 0.841. The van der Waals surface area contributed by atoms with E-state index in [4.69, 9.17) is 5.11 Å². The summed E-state index contributed by atoms with van der Waals surface area (Å²) >= 11 is 0. The van der Waals surface area contributed by atoms with Crippen LogP contribution in [0.5, 0.6) is 0 Å². The first-order chi connectivity index (χ1) is 11.0. The fourth-order valence-electron chi connectivity index (χ4n) is 2.39. The van der Waals surface area contributed by atoms with Gasteiger partial charge >= 0.3 is 5.97 Å². The summed E-state index contributed by atoms with van der Waals surface area (Å²) in [6.45, 7) is 2.94. The number of amides is 2. The molecule has 2 rings (SSSR count). The highest BCUT2D eigenvalue weighted by atomic mass is 16.4. The number of nitrogens with one attached hydrogen (secondary N) is 1. The predicted molar refractivity (Wildman–Crippen MR) is 85.3 cm³/mol. The minimum absolute atomic E-state index is 0.118. The number of nitrogens with zero attached hydrogens (tertiary/aromatic N) is 2. The standard InChI is InChI=1S/C16H21N3O4/c1-18-8-10-19(11-9-18)16(23)12-4-2-3-5-13(12)17-14(20)6-7-15(21)22/h2-5H,6-11H2,1H3,(H,17,20)(H,21,22). The Hall–Kier alpha value is -2.41. The van der Waals surface area contributed by atoms with Crippen LogP contribution in [0.15, 0.2) is 24.3 Å². The maximum Gasteiger partial charge on any atom is 0.303 e. The molecule has 0 aromatic heterocycles. The molecule has 1 aromatic carbocycles. The van der Waals surface area contributed by atoms with E-state index in [0.717, 1.165) is 13.1 Å². The number of carbonyl (C=O) groups excluding carboxylic acids is 2. The Morgan fingerprint density at radius 3 is 2.39 bits per heavy atom. The molecule has 2 amide bonds. The summed E-state index contributed by atoms with van der Waals surface area (Å²) < 4.78 is 0. The molecular formula is C16H21N3O4. The number of carboxylic acids is 1. The second-order valence-corrected chi connectivity index (χ2v) is 5.58. The van der Waals surface area contributed by atoms with Gasteiger partial charge in [-0.3, -0.25) is 14.4 Å². The first kappa shape index (κ1) is 17.0. The highest BCUT2D eigenvalue weighted by Gasteiger charge is 2.22. The van der Waals surface area contributed by atoms with Gasteiger partial charge in [-0.1, -0.05) is 12.1 Å². The maximum atomic E-state index is 12.6. The second-order valence-electron chi connectivity index (χ2n) is 5.58. The Labute approximate surface area is 134 Å². The molecule has 124 valence electrons. The molecule has 1 saturated heterocycles. The summed E-state index contributed by atoms with van der Waals surface area (Å²) in [6.07, 6.45) is -0.354. The molecular weight excluding hydrogens is 298 g/mol. The zero-order valence-corrected chi connectivity index (χ0v) is 13.1. The van der Waals surface area contributed by atoms with E-state index in [1.165, 1.54) is 0 Å². The average Bonchev–Trinajstić information content (AvgIpc) is 2.53. The van der Waals surface area contributed by atoms with Crippen LogP contribution < -0.4 is 5.32 Å². The number of benzene rings is 1. The zero-order chi connectivity index (χ0) is 16.8. The summed E-state index contributed by atoms with van der Waals surface area (Å²) in [5.41, 5.74) is 0.854. The molecule has 23 heavy (non-hydrogen) atoms. The van der Waals surface area contributed by atoms with E-state index in [9.17, 15) is 14.4 Å². The molecule has 7 heteroatoms. The normalized spacial score (nSPS) is 15.3. The van der Waals surface area contributed by atoms with Crippen molar-refractivity contribution in [3.63, 3.8) is 0 Å². The van der Waals surface area contributed by atoms with Gasteiger partial charge < -0.3 is 20.2 Å². The Bertz CT molecular complexity index is 595. The fourth-order valence-corrected chi connectivity index (χ4v) is 2.39. The molecule has 0 saturated carbocycles. The van der Waals surface area contributed by atoms with Gasteiger partial charge in [0.05, 0.1) is 17.7 Å². The highest BCUT2D eigenvalue weighted by molar-refractivity contribution is 6.04. The molecule has 0 atom stereocenters. The molecule has 0 aliphatic carbocycles. The lowest BCUT2D eigenvalue weighted by atomic mass is 10.1. The maximum absolute atomic E-state index is 12.6. The molecule has 0 unspecified atom stereocenters. The van der Waals surface area contributed by atoms with Crippen molar-refractivity contribution < 1.29 is 19.5 Å². The zero-order valence-electron chi connectivity index (χ0n) is 13.1. The molecule has 1 fully saturated rings. The number of anilines is 1. The van der Waals surface area contributed by atoms with Crippen molar-refractivity contribution in [3.8, 4) is 0 Å². The number of carboxylic acid groups (broad SMARTS) is 1. The molecule has 0 spiro atoms. The van der Waals surface area contributed by atoms with Crippen LogP contribution in [0.2, 0.25) is 0 Å². The Balaban J connectivity index is 2.06. The van der Waals surface area contributed by atoms with Gasteiger partial charge in [-0.15, -0.1) is 0 Å². The lowest BCUT2D eigenvalue weighted by Gasteiger charge is -2.32. The average molecular weight is 319 g/mol. The van der Waals surface area contributed by atoms with Crippen molar-refractivity contribution in [2.45, 2.75) is 12.8 Å². The largest absolute Gasteiger partial charge is 0.481 e. The molecule has 1 heterocycles. The molecule has 7 nitrogen and oxygen atoms in total. The number of carbonyl (C=O) groups is 3. The number of rotatable bonds is 5. The molecule has 1 aliphatic heterocycles. The van der Waals surface area contributed by atoms with Crippen LogP contribution in [-0.4, -0.2) is 65.9 Å². The Morgan fingerprint density at radius 1 is 1.09 bits per heavy atom. The number of piperazine rings is 1. The van der Waals surface area contributed by atoms with Gasteiger partial charge in [0.1, 0.15) is 0 Å². The van der Waals surface area contributed by atoms with Crippen molar-refractivity contribution in [3.05, 3.63) is 29.8 Å². The summed E-state index contributed by atoms with van der Waals surface area (Å²) in [7, 11) is 2.01. The summed E-state index contributed by atoms with van der Waals surface area (Å²) in [4.78, 5) is 38.9. The molecule has 1 aromatic rings. The number of para-hydroxylation sites is 1. The lowest BCUT2D eigenvalue weighted by molar-refractivity contribution is -0.138. The molecule has 2 N–H and O–H groups in total. The molecule has 1 aliphatic rings. The summed E-state index contributed by atoms with van der Waals surface area (Å²) in [5.74, 6) is -1.56. The topological polar surface area (TPSA) is 90.0 Å². The minimum atomic E-state index is -1.03. The van der Waals surface area contributed by atoms with Gasteiger partial charge in [0.15, 0.2) is 0 Å².